The molecule has 0 saturated carbocycles. The molecule has 1 atom stereocenters. The van der Waals surface area contributed by atoms with Gasteiger partial charge in [-0.05, 0) is 35.4 Å². The molecule has 0 bridgehead atoms. The zero-order valence-electron chi connectivity index (χ0n) is 14.0. The molecule has 0 amide bonds. The summed E-state index contributed by atoms with van der Waals surface area (Å²) < 4.78 is 23.7. The maximum absolute atomic E-state index is 10.7. The van der Waals surface area contributed by atoms with E-state index in [1.165, 1.54) is 0 Å². The molecular weight excluding hydrogens is 364 g/mol. The number of hydrogen-bond donors (Lipinski definition) is 3. The predicted molar refractivity (Wildman–Crippen MR) is 102 cm³/mol. The van der Waals surface area contributed by atoms with Gasteiger partial charge in [0.25, 0.3) is 0 Å². The van der Waals surface area contributed by atoms with Crippen molar-refractivity contribution in [1.82, 2.24) is 9.71 Å². The lowest BCUT2D eigenvalue weighted by Crippen LogP contribution is -2.15. The van der Waals surface area contributed by atoms with E-state index < -0.39 is 11.3 Å². The third kappa shape index (κ3) is 4.12. The van der Waals surface area contributed by atoms with Gasteiger partial charge in [-0.1, -0.05) is 30.3 Å². The molecule has 0 aliphatic carbocycles. The predicted octanol–water partition coefficient (Wildman–Crippen LogP) is 2.46. The first-order chi connectivity index (χ1) is 13.0. The van der Waals surface area contributed by atoms with Crippen molar-refractivity contribution in [2.75, 3.05) is 5.73 Å². The SMILES string of the molecule is N#Cc1c(-c2cccc(CNS(=O)[O-])c2)cc(-c2ccccc2O)nc1N. The van der Waals surface area contributed by atoms with Crippen LogP contribution in [0.4, 0.5) is 5.82 Å². The number of phenols is 1. The summed E-state index contributed by atoms with van der Waals surface area (Å²) in [5.41, 5.74) is 9.09. The monoisotopic (exact) mass is 379 g/mol. The molecule has 3 rings (SSSR count). The van der Waals surface area contributed by atoms with Crippen molar-refractivity contribution >= 4 is 17.1 Å². The van der Waals surface area contributed by atoms with Crippen molar-refractivity contribution in [1.29, 1.82) is 5.26 Å². The lowest BCUT2D eigenvalue weighted by Gasteiger charge is -2.13. The smallest absolute Gasteiger partial charge is 0.142 e. The highest BCUT2D eigenvalue weighted by molar-refractivity contribution is 7.77. The largest absolute Gasteiger partial charge is 0.760 e. The van der Waals surface area contributed by atoms with Crippen LogP contribution in [-0.4, -0.2) is 18.9 Å². The Bertz CT molecular complexity index is 1060. The molecule has 8 heteroatoms. The number of phenolic OH excluding ortho intramolecular Hbond substituents is 1. The van der Waals surface area contributed by atoms with Crippen LogP contribution in [-0.2, 0) is 17.8 Å². The summed E-state index contributed by atoms with van der Waals surface area (Å²) >= 11 is -2.37. The summed E-state index contributed by atoms with van der Waals surface area (Å²) in [6.07, 6.45) is 0. The molecule has 3 aromatic rings. The van der Waals surface area contributed by atoms with Gasteiger partial charge in [0.05, 0.1) is 5.69 Å². The van der Waals surface area contributed by atoms with Crippen LogP contribution in [0, 0.1) is 11.3 Å². The maximum atomic E-state index is 10.7. The zero-order valence-corrected chi connectivity index (χ0v) is 14.9. The fourth-order valence-corrected chi connectivity index (χ4v) is 3.01. The van der Waals surface area contributed by atoms with Crippen LogP contribution < -0.4 is 10.5 Å². The van der Waals surface area contributed by atoms with Crippen LogP contribution in [0.2, 0.25) is 0 Å². The van der Waals surface area contributed by atoms with Gasteiger partial charge in [0, 0.05) is 28.9 Å². The van der Waals surface area contributed by atoms with Crippen molar-refractivity contribution in [2.24, 2.45) is 0 Å². The maximum Gasteiger partial charge on any atom is 0.142 e. The second kappa shape index (κ2) is 7.97. The van der Waals surface area contributed by atoms with Gasteiger partial charge in [-0.25, -0.2) is 9.71 Å². The average Bonchev–Trinajstić information content (AvgIpc) is 2.66. The molecule has 27 heavy (non-hydrogen) atoms. The lowest BCUT2D eigenvalue weighted by atomic mass is 9.97. The molecule has 1 unspecified atom stereocenters. The van der Waals surface area contributed by atoms with Gasteiger partial charge in [0.2, 0.25) is 0 Å². The first kappa shape index (κ1) is 18.5. The number of aromatic hydroxyl groups is 1. The summed E-state index contributed by atoms with van der Waals surface area (Å²) in [5.74, 6) is 0.105. The van der Waals surface area contributed by atoms with Gasteiger partial charge in [-0.2, -0.15) is 5.26 Å². The molecule has 0 radical (unpaired) electrons. The number of rotatable bonds is 5. The minimum atomic E-state index is -2.37. The minimum Gasteiger partial charge on any atom is -0.760 e. The second-order valence-corrected chi connectivity index (χ2v) is 6.46. The highest BCUT2D eigenvalue weighted by atomic mass is 32.2. The number of aromatic nitrogens is 1. The van der Waals surface area contributed by atoms with E-state index in [1.807, 2.05) is 0 Å². The summed E-state index contributed by atoms with van der Waals surface area (Å²) in [6.45, 7) is 0.124. The number of nitriles is 1. The van der Waals surface area contributed by atoms with Crippen molar-refractivity contribution < 1.29 is 13.9 Å². The first-order valence-corrected chi connectivity index (χ1v) is 8.98. The van der Waals surface area contributed by atoms with Crippen LogP contribution in [0.25, 0.3) is 22.4 Å². The van der Waals surface area contributed by atoms with E-state index in [0.29, 0.717) is 22.4 Å². The number of anilines is 1. The van der Waals surface area contributed by atoms with Gasteiger partial charge >= 0.3 is 0 Å². The fraction of sp³-hybridized carbons (Fsp3) is 0.0526. The Morgan fingerprint density at radius 3 is 2.67 bits per heavy atom. The zero-order chi connectivity index (χ0) is 19.4. The minimum absolute atomic E-state index is 0.0518. The third-order valence-corrected chi connectivity index (χ3v) is 4.35. The molecule has 0 fully saturated rings. The Morgan fingerprint density at radius 2 is 1.96 bits per heavy atom. The standard InChI is InChI=1S/C19H16N4O3S/c20-10-16-15(13-5-3-4-12(8-13)11-22-27(25)26)9-17(23-19(16)21)14-6-1-2-7-18(14)24/h1-9,22,24H,11H2,(H2,21,23)(H,25,26)/p-1. The van der Waals surface area contributed by atoms with E-state index in [4.69, 9.17) is 5.73 Å². The molecule has 0 aliphatic heterocycles. The molecule has 0 saturated heterocycles. The molecule has 136 valence electrons. The molecule has 4 N–H and O–H groups in total. The van der Waals surface area contributed by atoms with Crippen molar-refractivity contribution in [2.45, 2.75) is 6.54 Å². The molecular formula is C19H15N4O3S-. The Morgan fingerprint density at radius 1 is 1.19 bits per heavy atom. The molecule has 1 heterocycles. The van der Waals surface area contributed by atoms with Gasteiger partial charge in [-0.3, -0.25) is 4.21 Å². The summed E-state index contributed by atoms with van der Waals surface area (Å²) in [7, 11) is 0. The number of benzene rings is 2. The van der Waals surface area contributed by atoms with Crippen LogP contribution in [0.15, 0.2) is 54.6 Å². The van der Waals surface area contributed by atoms with Crippen LogP contribution in [0.1, 0.15) is 11.1 Å². The summed E-state index contributed by atoms with van der Waals surface area (Å²) in [4.78, 5) is 4.24. The van der Waals surface area contributed by atoms with Crippen molar-refractivity contribution in [3.8, 4) is 34.2 Å². The van der Waals surface area contributed by atoms with Crippen molar-refractivity contribution in [3.05, 3.63) is 65.7 Å². The van der Waals surface area contributed by atoms with Crippen LogP contribution in [0.5, 0.6) is 5.75 Å². The van der Waals surface area contributed by atoms with E-state index in [2.05, 4.69) is 15.8 Å². The molecule has 0 spiro atoms. The first-order valence-electron chi connectivity index (χ1n) is 7.90. The van der Waals surface area contributed by atoms with E-state index in [0.717, 1.165) is 5.56 Å². The molecule has 7 nitrogen and oxygen atoms in total. The van der Waals surface area contributed by atoms with Gasteiger partial charge < -0.3 is 15.4 Å². The van der Waals surface area contributed by atoms with E-state index >= 15 is 0 Å². The number of nitrogen functional groups attached to an aromatic ring is 1. The fourth-order valence-electron chi connectivity index (χ4n) is 2.73. The van der Waals surface area contributed by atoms with Crippen LogP contribution in [0.3, 0.4) is 0 Å². The Hall–Kier alpha value is -3.25. The number of hydrogen-bond acceptors (Lipinski definition) is 6. The highest BCUT2D eigenvalue weighted by Gasteiger charge is 2.15. The second-order valence-electron chi connectivity index (χ2n) is 5.70. The molecule has 2 aromatic carbocycles. The summed E-state index contributed by atoms with van der Waals surface area (Å²) in [6, 6.07) is 17.5. The lowest BCUT2D eigenvalue weighted by molar-refractivity contribution is 0.477. The summed E-state index contributed by atoms with van der Waals surface area (Å²) in [5, 5.41) is 19.6. The normalized spacial score (nSPS) is 11.7. The van der Waals surface area contributed by atoms with Gasteiger partial charge in [-0.15, -0.1) is 0 Å². The number of nitrogens with one attached hydrogen (secondary N) is 1. The van der Waals surface area contributed by atoms with E-state index in [1.54, 1.807) is 54.6 Å². The molecule has 1 aromatic heterocycles. The van der Waals surface area contributed by atoms with E-state index in [-0.39, 0.29) is 23.7 Å². The quantitative estimate of drug-likeness (QED) is 0.583. The number of pyridine rings is 1. The Balaban J connectivity index is 2.12. The van der Waals surface area contributed by atoms with Gasteiger partial charge in [0.15, 0.2) is 0 Å². The number of nitrogens with zero attached hydrogens (tertiary/aromatic N) is 2. The van der Waals surface area contributed by atoms with Crippen molar-refractivity contribution in [3.63, 3.8) is 0 Å². The van der Waals surface area contributed by atoms with Gasteiger partial charge in [0.1, 0.15) is 23.2 Å². The Kier molecular flexibility index (Phi) is 5.47. The van der Waals surface area contributed by atoms with E-state index in [9.17, 15) is 19.1 Å². The Labute approximate surface area is 158 Å². The number of nitrogens with two attached hydrogens (primary N) is 1. The molecule has 0 aliphatic rings. The number of para-hydroxylation sites is 1. The highest BCUT2D eigenvalue weighted by Crippen LogP contribution is 2.34. The topological polar surface area (TPSA) is 135 Å². The average molecular weight is 379 g/mol. The third-order valence-electron chi connectivity index (χ3n) is 3.97. The van der Waals surface area contributed by atoms with Crippen LogP contribution >= 0.6 is 0 Å².